The molecule has 150 valence electrons. The van der Waals surface area contributed by atoms with Gasteiger partial charge in [-0.3, -0.25) is 24.1 Å². The molecule has 1 aliphatic carbocycles. The van der Waals surface area contributed by atoms with E-state index in [-0.39, 0.29) is 43.2 Å². The number of carbonyl (C=O) groups excluding carboxylic acids is 4. The van der Waals surface area contributed by atoms with Crippen molar-refractivity contribution < 1.29 is 23.9 Å². The zero-order valence-corrected chi connectivity index (χ0v) is 16.2. The summed E-state index contributed by atoms with van der Waals surface area (Å²) < 4.78 is 4.94. The van der Waals surface area contributed by atoms with Crippen molar-refractivity contribution in [3.8, 4) is 0 Å². The molecule has 1 aromatic rings. The van der Waals surface area contributed by atoms with Crippen molar-refractivity contribution in [2.45, 2.75) is 38.6 Å². The summed E-state index contributed by atoms with van der Waals surface area (Å²) in [6.45, 7) is -0.184. The Morgan fingerprint density at radius 1 is 1.11 bits per heavy atom. The Bertz CT molecular complexity index is 758. The second-order valence-electron chi connectivity index (χ2n) is 7.10. The number of fused-ring (bicyclic) bond motifs is 1. The average Bonchev–Trinajstić information content (AvgIpc) is 2.94. The van der Waals surface area contributed by atoms with Crippen LogP contribution in [0.1, 0.15) is 37.7 Å². The van der Waals surface area contributed by atoms with Crippen LogP contribution in [0, 0.1) is 11.8 Å². The Kier molecular flexibility index (Phi) is 6.67. The van der Waals surface area contributed by atoms with Crippen LogP contribution in [-0.4, -0.2) is 41.7 Å². The normalized spacial score (nSPS) is 21.4. The number of hydrogen-bond acceptors (Lipinski definition) is 5. The van der Waals surface area contributed by atoms with Gasteiger partial charge in [0.2, 0.25) is 11.8 Å². The lowest BCUT2D eigenvalue weighted by molar-refractivity contribution is -0.150. The maximum atomic E-state index is 12.4. The number of ether oxygens (including phenoxy) is 1. The second kappa shape index (κ2) is 9.19. The number of nitrogens with zero attached hydrogens (tertiary/aromatic N) is 1. The van der Waals surface area contributed by atoms with Crippen molar-refractivity contribution in [1.82, 2.24) is 10.2 Å². The third-order valence-corrected chi connectivity index (χ3v) is 5.64. The lowest BCUT2D eigenvalue weighted by atomic mass is 9.81. The number of nitrogens with one attached hydrogen (secondary N) is 1. The fourth-order valence-corrected chi connectivity index (χ4v) is 3.96. The standard InChI is InChI=1S/C20H23ClN2O5/c21-16-8-4-1-5-13(16)11-22-17(24)12-28-18(25)9-10-23-19(26)14-6-2-3-7-15(14)20(23)27/h1,4-5,8,14-15H,2-3,6-7,9-12H2,(H,22,24)/t14-,15-/m1/s1. The smallest absolute Gasteiger partial charge is 0.308 e. The lowest BCUT2D eigenvalue weighted by Gasteiger charge is -2.19. The van der Waals surface area contributed by atoms with Gasteiger partial charge in [0.15, 0.2) is 6.61 Å². The van der Waals surface area contributed by atoms with Crippen LogP contribution >= 0.6 is 11.6 Å². The largest absolute Gasteiger partial charge is 0.456 e. The van der Waals surface area contributed by atoms with Gasteiger partial charge >= 0.3 is 5.97 Å². The number of benzene rings is 1. The van der Waals surface area contributed by atoms with Crippen LogP contribution in [0.4, 0.5) is 0 Å². The first-order valence-corrected chi connectivity index (χ1v) is 9.86. The molecule has 1 saturated heterocycles. The summed E-state index contributed by atoms with van der Waals surface area (Å²) in [5.74, 6) is -1.89. The van der Waals surface area contributed by atoms with Crippen molar-refractivity contribution in [2.75, 3.05) is 13.2 Å². The molecule has 1 aromatic carbocycles. The number of likely N-dealkylation sites (tertiary alicyclic amines) is 1. The van der Waals surface area contributed by atoms with Crippen LogP contribution in [0.3, 0.4) is 0 Å². The van der Waals surface area contributed by atoms with Gasteiger partial charge in [0.1, 0.15) is 0 Å². The molecule has 2 atom stereocenters. The van der Waals surface area contributed by atoms with Crippen molar-refractivity contribution in [1.29, 1.82) is 0 Å². The topological polar surface area (TPSA) is 92.8 Å². The number of carbonyl (C=O) groups is 4. The van der Waals surface area contributed by atoms with Gasteiger partial charge in [0, 0.05) is 18.1 Å². The summed E-state index contributed by atoms with van der Waals surface area (Å²) in [7, 11) is 0. The molecule has 3 rings (SSSR count). The van der Waals surface area contributed by atoms with E-state index in [1.165, 1.54) is 4.90 Å². The van der Waals surface area contributed by atoms with Gasteiger partial charge in [-0.1, -0.05) is 42.6 Å². The fraction of sp³-hybridized carbons (Fsp3) is 0.500. The molecule has 1 heterocycles. The van der Waals surface area contributed by atoms with Crippen molar-refractivity contribution in [2.24, 2.45) is 11.8 Å². The van der Waals surface area contributed by atoms with Gasteiger partial charge in [-0.05, 0) is 24.5 Å². The van der Waals surface area contributed by atoms with Crippen molar-refractivity contribution in [3.05, 3.63) is 34.9 Å². The molecule has 2 fully saturated rings. The van der Waals surface area contributed by atoms with Crippen molar-refractivity contribution in [3.63, 3.8) is 0 Å². The van der Waals surface area contributed by atoms with Crippen LogP contribution in [0.2, 0.25) is 5.02 Å². The van der Waals surface area contributed by atoms with Gasteiger partial charge < -0.3 is 10.1 Å². The van der Waals surface area contributed by atoms with Crippen LogP contribution in [0.5, 0.6) is 0 Å². The summed E-state index contributed by atoms with van der Waals surface area (Å²) in [6, 6.07) is 7.11. The quantitative estimate of drug-likeness (QED) is 0.552. The third kappa shape index (κ3) is 4.70. The molecular weight excluding hydrogens is 384 g/mol. The fourth-order valence-electron chi connectivity index (χ4n) is 3.76. The summed E-state index contributed by atoms with van der Waals surface area (Å²) in [5, 5.41) is 3.16. The summed E-state index contributed by atoms with van der Waals surface area (Å²) >= 11 is 6.01. The minimum Gasteiger partial charge on any atom is -0.456 e. The molecule has 3 amide bonds. The highest BCUT2D eigenvalue weighted by Gasteiger charge is 2.47. The highest BCUT2D eigenvalue weighted by molar-refractivity contribution is 6.31. The molecule has 0 spiro atoms. The summed E-state index contributed by atoms with van der Waals surface area (Å²) in [5.41, 5.74) is 0.761. The Balaban J connectivity index is 1.38. The van der Waals surface area contributed by atoms with Crippen LogP contribution in [0.15, 0.2) is 24.3 Å². The molecule has 7 nitrogen and oxygen atoms in total. The van der Waals surface area contributed by atoms with Gasteiger partial charge in [-0.2, -0.15) is 0 Å². The molecule has 1 saturated carbocycles. The SMILES string of the molecule is O=C(COC(=O)CCN1C(=O)[C@@H]2CCCC[C@H]2C1=O)NCc1ccccc1Cl. The van der Waals surface area contributed by atoms with Crippen LogP contribution in [0.25, 0.3) is 0 Å². The van der Waals surface area contributed by atoms with Crippen LogP contribution < -0.4 is 5.32 Å². The summed E-state index contributed by atoms with van der Waals surface area (Å²) in [6.07, 6.45) is 3.27. The molecule has 2 aliphatic rings. The van der Waals surface area contributed by atoms with E-state index in [4.69, 9.17) is 16.3 Å². The lowest BCUT2D eigenvalue weighted by Crippen LogP contribution is -2.34. The second-order valence-corrected chi connectivity index (χ2v) is 7.51. The third-order valence-electron chi connectivity index (χ3n) is 5.27. The van der Waals surface area contributed by atoms with Gasteiger partial charge in [0.05, 0.1) is 18.3 Å². The highest BCUT2D eigenvalue weighted by atomic mass is 35.5. The molecule has 8 heteroatoms. The number of amides is 3. The van der Waals surface area contributed by atoms with E-state index in [0.29, 0.717) is 5.02 Å². The van der Waals surface area contributed by atoms with E-state index in [1.807, 2.05) is 6.07 Å². The average molecular weight is 407 g/mol. The molecule has 0 radical (unpaired) electrons. The summed E-state index contributed by atoms with van der Waals surface area (Å²) in [4.78, 5) is 49.6. The Morgan fingerprint density at radius 2 is 1.75 bits per heavy atom. The number of rotatable bonds is 7. The van der Waals surface area contributed by atoms with Crippen LogP contribution in [-0.2, 0) is 30.5 Å². The predicted octanol–water partition coefficient (Wildman–Crippen LogP) is 2.06. The van der Waals surface area contributed by atoms with Crippen molar-refractivity contribution >= 4 is 35.3 Å². The Morgan fingerprint density at radius 3 is 2.39 bits per heavy atom. The van der Waals surface area contributed by atoms with Gasteiger partial charge in [-0.15, -0.1) is 0 Å². The van der Waals surface area contributed by atoms with E-state index >= 15 is 0 Å². The number of halogens is 1. The zero-order chi connectivity index (χ0) is 20.1. The van der Waals surface area contributed by atoms with E-state index in [1.54, 1.807) is 18.2 Å². The van der Waals surface area contributed by atoms with Gasteiger partial charge in [0.25, 0.3) is 5.91 Å². The molecule has 0 aromatic heterocycles. The highest BCUT2D eigenvalue weighted by Crippen LogP contribution is 2.37. The van der Waals surface area contributed by atoms with E-state index in [9.17, 15) is 19.2 Å². The molecule has 28 heavy (non-hydrogen) atoms. The Hall–Kier alpha value is -2.41. The zero-order valence-electron chi connectivity index (χ0n) is 15.5. The molecule has 1 N–H and O–H groups in total. The Labute approximate surface area is 168 Å². The van der Waals surface area contributed by atoms with E-state index < -0.39 is 18.5 Å². The molecule has 1 aliphatic heterocycles. The molecule has 0 bridgehead atoms. The first-order valence-electron chi connectivity index (χ1n) is 9.48. The molecule has 0 unspecified atom stereocenters. The first kappa shape index (κ1) is 20.3. The maximum Gasteiger partial charge on any atom is 0.308 e. The first-order chi connectivity index (χ1) is 13.5. The van der Waals surface area contributed by atoms with E-state index in [0.717, 1.165) is 31.2 Å². The number of hydrogen-bond donors (Lipinski definition) is 1. The minimum atomic E-state index is -0.622. The number of imide groups is 1. The minimum absolute atomic E-state index is 0.00470. The van der Waals surface area contributed by atoms with E-state index in [2.05, 4.69) is 5.32 Å². The number of esters is 1. The monoisotopic (exact) mass is 406 g/mol. The predicted molar refractivity (Wildman–Crippen MR) is 101 cm³/mol. The van der Waals surface area contributed by atoms with Gasteiger partial charge in [-0.25, -0.2) is 0 Å². The maximum absolute atomic E-state index is 12.4. The molecular formula is C20H23ClN2O5.